The molecule has 0 unspecified atom stereocenters. The van der Waals surface area contributed by atoms with Crippen LogP contribution in [-0.2, 0) is 4.74 Å². The van der Waals surface area contributed by atoms with Crippen molar-refractivity contribution in [2.24, 2.45) is 0 Å². The minimum Gasteiger partial charge on any atom is -0.376 e. The van der Waals surface area contributed by atoms with Crippen LogP contribution < -0.4 is 0 Å². The van der Waals surface area contributed by atoms with Gasteiger partial charge in [0.25, 0.3) is 0 Å². The molecule has 0 spiro atoms. The van der Waals surface area contributed by atoms with E-state index in [0.29, 0.717) is 12.1 Å². The Morgan fingerprint density at radius 3 is 2.38 bits per heavy atom. The average Bonchev–Trinajstić information content (AvgIpc) is 2.43. The van der Waals surface area contributed by atoms with E-state index in [1.54, 1.807) is 0 Å². The quantitative estimate of drug-likeness (QED) is 0.517. The van der Waals surface area contributed by atoms with Gasteiger partial charge in [-0.3, -0.25) is 9.80 Å². The van der Waals surface area contributed by atoms with Gasteiger partial charge in [0, 0.05) is 58.5 Å². The summed E-state index contributed by atoms with van der Waals surface area (Å²) in [6, 6.07) is 0.665. The molecular weight excluding hydrogens is 262 g/mol. The standard InChI is InChI=1S/C17H31N3O/c1-4-5-7-18-9-11-19(12-10-18)8-6-13-21-17-14-20(15-17)16(2)3/h16-17H,6-15H2,1-3H3. The molecule has 0 aromatic rings. The van der Waals surface area contributed by atoms with Gasteiger partial charge in [-0.05, 0) is 27.2 Å². The summed E-state index contributed by atoms with van der Waals surface area (Å²) in [6.45, 7) is 16.3. The molecule has 2 aliphatic heterocycles. The Labute approximate surface area is 130 Å². The molecule has 0 aliphatic carbocycles. The summed E-state index contributed by atoms with van der Waals surface area (Å²) < 4.78 is 5.93. The first kappa shape index (κ1) is 16.8. The van der Waals surface area contributed by atoms with Gasteiger partial charge in [-0.25, -0.2) is 0 Å². The monoisotopic (exact) mass is 293 g/mol. The lowest BCUT2D eigenvalue weighted by Crippen LogP contribution is -2.55. The van der Waals surface area contributed by atoms with Gasteiger partial charge in [-0.2, -0.15) is 0 Å². The maximum absolute atomic E-state index is 5.93. The number of hydrogen-bond donors (Lipinski definition) is 0. The molecule has 0 N–H and O–H groups in total. The molecule has 0 aromatic heterocycles. The molecule has 0 saturated carbocycles. The third-order valence-corrected chi connectivity index (χ3v) is 4.52. The zero-order valence-electron chi connectivity index (χ0n) is 14.0. The van der Waals surface area contributed by atoms with Gasteiger partial charge in [0.05, 0.1) is 12.6 Å². The van der Waals surface area contributed by atoms with Crippen molar-refractivity contribution in [1.29, 1.82) is 0 Å². The molecule has 2 saturated heterocycles. The molecule has 0 amide bonds. The molecule has 120 valence electrons. The van der Waals surface area contributed by atoms with Gasteiger partial charge in [0.2, 0.25) is 0 Å². The normalized spacial score (nSPS) is 22.1. The van der Waals surface area contributed by atoms with Crippen LogP contribution in [0.15, 0.2) is 0 Å². The third-order valence-electron chi connectivity index (χ3n) is 4.52. The Balaban J connectivity index is 1.46. The Morgan fingerprint density at radius 1 is 1.10 bits per heavy atom. The number of hydrogen-bond acceptors (Lipinski definition) is 4. The highest BCUT2D eigenvalue weighted by Gasteiger charge is 2.28. The van der Waals surface area contributed by atoms with E-state index in [1.807, 2.05) is 6.92 Å². The molecule has 0 bridgehead atoms. The van der Waals surface area contributed by atoms with Crippen molar-refractivity contribution in [3.8, 4) is 11.8 Å². The van der Waals surface area contributed by atoms with Crippen LogP contribution in [0.3, 0.4) is 0 Å². The largest absolute Gasteiger partial charge is 0.376 e. The zero-order valence-corrected chi connectivity index (χ0v) is 14.0. The SMILES string of the molecule is CC#CCN1CCN(CCCOC2CN(C(C)C)C2)CC1. The summed E-state index contributed by atoms with van der Waals surface area (Å²) in [5.41, 5.74) is 0. The first-order valence-corrected chi connectivity index (χ1v) is 8.39. The maximum atomic E-state index is 5.93. The lowest BCUT2D eigenvalue weighted by atomic mass is 10.1. The summed E-state index contributed by atoms with van der Waals surface area (Å²) in [5.74, 6) is 6.13. The van der Waals surface area contributed by atoms with Crippen molar-refractivity contribution in [2.45, 2.75) is 39.3 Å². The van der Waals surface area contributed by atoms with Crippen molar-refractivity contribution in [2.75, 3.05) is 59.0 Å². The molecule has 2 aliphatic rings. The number of piperazine rings is 1. The number of likely N-dealkylation sites (tertiary alicyclic amines) is 1. The molecule has 2 heterocycles. The lowest BCUT2D eigenvalue weighted by molar-refractivity contribution is -0.0683. The van der Waals surface area contributed by atoms with E-state index < -0.39 is 0 Å². The van der Waals surface area contributed by atoms with E-state index in [1.165, 1.54) is 19.6 Å². The second-order valence-electron chi connectivity index (χ2n) is 6.44. The van der Waals surface area contributed by atoms with Crippen LogP contribution in [0.5, 0.6) is 0 Å². The molecule has 21 heavy (non-hydrogen) atoms. The molecule has 4 nitrogen and oxygen atoms in total. The van der Waals surface area contributed by atoms with Crippen molar-refractivity contribution >= 4 is 0 Å². The van der Waals surface area contributed by atoms with E-state index in [-0.39, 0.29) is 0 Å². The molecular formula is C17H31N3O. The Kier molecular flexibility index (Phi) is 6.98. The minimum atomic E-state index is 0.483. The highest BCUT2D eigenvalue weighted by Crippen LogP contribution is 2.15. The van der Waals surface area contributed by atoms with Crippen LogP contribution >= 0.6 is 0 Å². The number of ether oxygens (including phenoxy) is 1. The number of rotatable bonds is 7. The van der Waals surface area contributed by atoms with Crippen molar-refractivity contribution < 1.29 is 4.74 Å². The fraction of sp³-hybridized carbons (Fsp3) is 0.882. The minimum absolute atomic E-state index is 0.483. The fourth-order valence-corrected chi connectivity index (χ4v) is 2.90. The first-order valence-electron chi connectivity index (χ1n) is 8.39. The van der Waals surface area contributed by atoms with Crippen LogP contribution in [0.2, 0.25) is 0 Å². The highest BCUT2D eigenvalue weighted by molar-refractivity contribution is 4.98. The lowest BCUT2D eigenvalue weighted by Gasteiger charge is -2.41. The predicted molar refractivity (Wildman–Crippen MR) is 87.4 cm³/mol. The van der Waals surface area contributed by atoms with E-state index in [2.05, 4.69) is 40.4 Å². The van der Waals surface area contributed by atoms with Gasteiger partial charge in [-0.1, -0.05) is 5.92 Å². The predicted octanol–water partition coefficient (Wildman–Crippen LogP) is 1.13. The van der Waals surface area contributed by atoms with E-state index in [4.69, 9.17) is 4.74 Å². The van der Waals surface area contributed by atoms with Gasteiger partial charge in [0.15, 0.2) is 0 Å². The Bertz CT molecular complexity index is 347. The summed E-state index contributed by atoms with van der Waals surface area (Å²) >= 11 is 0. The smallest absolute Gasteiger partial charge is 0.0828 e. The van der Waals surface area contributed by atoms with Crippen LogP contribution in [-0.4, -0.2) is 85.8 Å². The van der Waals surface area contributed by atoms with Crippen LogP contribution in [0.1, 0.15) is 27.2 Å². The molecule has 2 rings (SSSR count). The Hall–Kier alpha value is -0.600. The summed E-state index contributed by atoms with van der Waals surface area (Å²) in [7, 11) is 0. The van der Waals surface area contributed by atoms with E-state index in [9.17, 15) is 0 Å². The van der Waals surface area contributed by atoms with Crippen LogP contribution in [0, 0.1) is 11.8 Å². The van der Waals surface area contributed by atoms with Crippen molar-refractivity contribution in [1.82, 2.24) is 14.7 Å². The van der Waals surface area contributed by atoms with Crippen LogP contribution in [0.25, 0.3) is 0 Å². The molecule has 2 fully saturated rings. The average molecular weight is 293 g/mol. The molecule has 4 heteroatoms. The molecule has 0 atom stereocenters. The van der Waals surface area contributed by atoms with Gasteiger partial charge in [-0.15, -0.1) is 5.92 Å². The maximum Gasteiger partial charge on any atom is 0.0828 e. The topological polar surface area (TPSA) is 19.0 Å². The molecule has 0 aromatic carbocycles. The van der Waals surface area contributed by atoms with Crippen molar-refractivity contribution in [3.63, 3.8) is 0 Å². The van der Waals surface area contributed by atoms with Gasteiger partial charge >= 0.3 is 0 Å². The zero-order chi connectivity index (χ0) is 15.1. The fourth-order valence-electron chi connectivity index (χ4n) is 2.90. The molecule has 0 radical (unpaired) electrons. The van der Waals surface area contributed by atoms with Gasteiger partial charge < -0.3 is 9.64 Å². The first-order chi connectivity index (χ1) is 10.2. The summed E-state index contributed by atoms with van der Waals surface area (Å²) in [6.07, 6.45) is 1.64. The second kappa shape index (κ2) is 8.75. The Morgan fingerprint density at radius 2 is 1.76 bits per heavy atom. The summed E-state index contributed by atoms with van der Waals surface area (Å²) in [5, 5.41) is 0. The second-order valence-corrected chi connectivity index (χ2v) is 6.44. The summed E-state index contributed by atoms with van der Waals surface area (Å²) in [4.78, 5) is 7.46. The highest BCUT2D eigenvalue weighted by atomic mass is 16.5. The third kappa shape index (κ3) is 5.60. The van der Waals surface area contributed by atoms with E-state index in [0.717, 1.165) is 45.8 Å². The van der Waals surface area contributed by atoms with Gasteiger partial charge in [0.1, 0.15) is 0 Å². The number of nitrogens with zero attached hydrogens (tertiary/aromatic N) is 3. The van der Waals surface area contributed by atoms with Crippen LogP contribution in [0.4, 0.5) is 0 Å². The van der Waals surface area contributed by atoms with Crippen molar-refractivity contribution in [3.05, 3.63) is 0 Å². The van der Waals surface area contributed by atoms with E-state index >= 15 is 0 Å².